The van der Waals surface area contributed by atoms with Gasteiger partial charge in [-0.1, -0.05) is 231 Å². The van der Waals surface area contributed by atoms with E-state index in [9.17, 15) is 22.6 Å². The molecule has 0 amide bonds. The molecule has 1 aromatic carbocycles. The summed E-state index contributed by atoms with van der Waals surface area (Å²) in [4.78, 5) is 25.4. The molecule has 0 atom stereocenters. The maximum atomic E-state index is 13.0. The Morgan fingerprint density at radius 1 is 0.429 bits per heavy atom. The number of benzene rings is 1. The van der Waals surface area contributed by atoms with Crippen molar-refractivity contribution in [2.75, 3.05) is 13.2 Å². The van der Waals surface area contributed by atoms with Crippen LogP contribution in [-0.4, -0.2) is 38.1 Å². The van der Waals surface area contributed by atoms with Crippen molar-refractivity contribution >= 4 is 22.1 Å². The summed E-state index contributed by atoms with van der Waals surface area (Å²) >= 11 is 0. The average molecular weight is 925 g/mol. The zero-order valence-corrected chi connectivity index (χ0v) is 45.0. The van der Waals surface area contributed by atoms with Crippen LogP contribution in [0.5, 0.6) is 0 Å². The summed E-state index contributed by atoms with van der Waals surface area (Å²) in [6.45, 7) is 4.86. The number of allylic oxidation sites excluding steroid dienone is 4. The van der Waals surface area contributed by atoms with E-state index in [0.29, 0.717) is 12.8 Å². The van der Waals surface area contributed by atoms with E-state index in [-0.39, 0.29) is 75.7 Å². The van der Waals surface area contributed by atoms with Crippen molar-refractivity contribution < 1.29 is 83.4 Å². The summed E-state index contributed by atoms with van der Waals surface area (Å²) < 4.78 is 46.0. The Morgan fingerprint density at radius 3 is 1.00 bits per heavy atom. The molecule has 63 heavy (non-hydrogen) atoms. The first kappa shape index (κ1) is 62.2. The molecule has 0 saturated heterocycles. The summed E-state index contributed by atoms with van der Waals surface area (Å²) in [5.74, 6) is -1.54. The normalized spacial score (nSPS) is 11.7. The quantitative estimate of drug-likeness (QED) is 0.0211. The Kier molecular flexibility index (Phi) is 45.7. The number of unbranched alkanes of at least 4 members (excludes halogenated alkanes) is 34. The zero-order chi connectivity index (χ0) is 45.0. The molecule has 358 valence electrons. The molecule has 0 heterocycles. The van der Waals surface area contributed by atoms with Crippen LogP contribution in [-0.2, 0) is 19.6 Å². The number of ether oxygens (including phenoxy) is 2. The van der Waals surface area contributed by atoms with Crippen molar-refractivity contribution in [2.24, 2.45) is 0 Å². The van der Waals surface area contributed by atoms with Crippen molar-refractivity contribution in [1.82, 2.24) is 0 Å². The Morgan fingerprint density at radius 2 is 0.698 bits per heavy atom. The number of carbonyl (C=O) groups excluding carboxylic acids is 2. The average Bonchev–Trinajstić information content (AvgIpc) is 3.26. The molecular formula is C54H93KO7S. The summed E-state index contributed by atoms with van der Waals surface area (Å²) in [5.41, 5.74) is -0.329. The zero-order valence-electron chi connectivity index (χ0n) is 41.1. The molecule has 0 bridgehead atoms. The molecule has 7 nitrogen and oxygen atoms in total. The van der Waals surface area contributed by atoms with Crippen molar-refractivity contribution in [3.8, 4) is 0 Å². The van der Waals surface area contributed by atoms with Gasteiger partial charge in [0, 0.05) is 0 Å². The van der Waals surface area contributed by atoms with E-state index in [1.807, 2.05) is 0 Å². The van der Waals surface area contributed by atoms with Crippen molar-refractivity contribution in [3.05, 3.63) is 53.6 Å². The van der Waals surface area contributed by atoms with Gasteiger partial charge in [-0.25, -0.2) is 18.0 Å². The van der Waals surface area contributed by atoms with E-state index < -0.39 is 27.0 Å². The largest absolute Gasteiger partial charge is 1.00 e. The number of esters is 2. The predicted octanol–water partition coefficient (Wildman–Crippen LogP) is 13.9. The Labute approximate surface area is 431 Å². The van der Waals surface area contributed by atoms with Crippen LogP contribution in [0.15, 0.2) is 47.4 Å². The second kappa shape index (κ2) is 46.3. The monoisotopic (exact) mass is 925 g/mol. The standard InChI is InChI=1S/C54H94O7S.K/c1-3-5-7-9-11-13-15-17-19-21-23-25-27-29-31-33-35-37-39-41-43-47-60-53(55)51-46-45-50(62(57,58)59)49-52(51)54(56)61-48-44-42-40-38-36-34-32-30-28-26-24-22-20-18-16-14-12-10-8-6-4-2;/h9-12,45-46,49H,3-8,13-44,47-48H2,1-2H3,(H,57,58,59);/q;+1/p-1/b11-9+,12-10+;. The minimum absolute atomic E-state index is 0. The molecule has 0 spiro atoms. The fourth-order valence-corrected chi connectivity index (χ4v) is 8.45. The molecule has 0 aliphatic heterocycles. The van der Waals surface area contributed by atoms with Gasteiger partial charge >= 0.3 is 63.3 Å². The maximum absolute atomic E-state index is 13.0. The van der Waals surface area contributed by atoms with Crippen LogP contribution in [0.1, 0.15) is 279 Å². The van der Waals surface area contributed by atoms with E-state index in [1.165, 1.54) is 205 Å². The minimum Gasteiger partial charge on any atom is -0.744 e. The Hall–Kier alpha value is -0.814. The van der Waals surface area contributed by atoms with Crippen LogP contribution in [0.4, 0.5) is 0 Å². The van der Waals surface area contributed by atoms with Crippen LogP contribution in [0, 0.1) is 0 Å². The first-order valence-corrected chi connectivity index (χ1v) is 27.5. The molecule has 0 aromatic heterocycles. The minimum atomic E-state index is -4.82. The molecule has 0 aliphatic rings. The Bertz CT molecular complexity index is 1380. The van der Waals surface area contributed by atoms with Crippen LogP contribution >= 0.6 is 0 Å². The van der Waals surface area contributed by atoms with Gasteiger partial charge in [0.1, 0.15) is 10.1 Å². The first-order valence-electron chi connectivity index (χ1n) is 26.0. The fraction of sp³-hybridized carbons (Fsp3) is 0.778. The third-order valence-corrected chi connectivity index (χ3v) is 12.8. The van der Waals surface area contributed by atoms with Gasteiger partial charge in [0.2, 0.25) is 0 Å². The van der Waals surface area contributed by atoms with Crippen LogP contribution < -0.4 is 51.4 Å². The van der Waals surface area contributed by atoms with Gasteiger partial charge in [-0.15, -0.1) is 0 Å². The molecule has 0 radical (unpaired) electrons. The van der Waals surface area contributed by atoms with E-state index in [1.54, 1.807) is 0 Å². The first-order chi connectivity index (χ1) is 30.3. The number of carbonyl (C=O) groups is 2. The summed E-state index contributed by atoms with van der Waals surface area (Å²) in [7, 11) is -4.82. The third kappa shape index (κ3) is 38.9. The third-order valence-electron chi connectivity index (χ3n) is 12.0. The smallest absolute Gasteiger partial charge is 0.744 e. The van der Waals surface area contributed by atoms with Gasteiger partial charge in [-0.05, 0) is 69.6 Å². The summed E-state index contributed by atoms with van der Waals surface area (Å²) in [6.07, 6.45) is 56.5. The van der Waals surface area contributed by atoms with E-state index in [4.69, 9.17) is 9.47 Å². The number of rotatable bonds is 45. The molecule has 9 heteroatoms. The van der Waals surface area contributed by atoms with Crippen LogP contribution in [0.2, 0.25) is 0 Å². The van der Waals surface area contributed by atoms with Crippen molar-refractivity contribution in [2.45, 2.75) is 263 Å². The van der Waals surface area contributed by atoms with Crippen molar-refractivity contribution in [3.63, 3.8) is 0 Å². The predicted molar refractivity (Wildman–Crippen MR) is 260 cm³/mol. The topological polar surface area (TPSA) is 110 Å². The van der Waals surface area contributed by atoms with Gasteiger partial charge < -0.3 is 14.0 Å². The molecule has 0 fully saturated rings. The van der Waals surface area contributed by atoms with Gasteiger partial charge in [0.25, 0.3) is 0 Å². The van der Waals surface area contributed by atoms with Gasteiger partial charge in [0.05, 0.1) is 29.2 Å². The molecule has 1 aromatic rings. The second-order valence-corrected chi connectivity index (χ2v) is 19.2. The molecule has 0 unspecified atom stereocenters. The number of hydrogen-bond donors (Lipinski definition) is 0. The van der Waals surface area contributed by atoms with Gasteiger partial charge in [-0.2, -0.15) is 0 Å². The van der Waals surface area contributed by atoms with E-state index in [0.717, 1.165) is 44.2 Å². The SMILES string of the molecule is CCCC/C=C/CCCCCCCCCCCCCCCCCOC(=O)c1ccc(S(=O)(=O)[O-])cc1C(=O)OCCCCCCCCCCCCCCCCC/C=C/CCCC.[K+]. The van der Waals surface area contributed by atoms with E-state index >= 15 is 0 Å². The van der Waals surface area contributed by atoms with Crippen LogP contribution in [0.3, 0.4) is 0 Å². The number of hydrogen-bond acceptors (Lipinski definition) is 7. The Balaban J connectivity index is 0.0000384. The summed E-state index contributed by atoms with van der Waals surface area (Å²) in [5, 5.41) is 0. The molecule has 0 saturated carbocycles. The molecule has 0 aliphatic carbocycles. The molecular weight excluding hydrogens is 832 g/mol. The fourth-order valence-electron chi connectivity index (χ4n) is 7.95. The maximum Gasteiger partial charge on any atom is 1.00 e. The van der Waals surface area contributed by atoms with Gasteiger partial charge in [0.15, 0.2) is 0 Å². The van der Waals surface area contributed by atoms with Crippen molar-refractivity contribution in [1.29, 1.82) is 0 Å². The van der Waals surface area contributed by atoms with Crippen LogP contribution in [0.25, 0.3) is 0 Å². The van der Waals surface area contributed by atoms with Gasteiger partial charge in [-0.3, -0.25) is 0 Å². The second-order valence-electron chi connectivity index (χ2n) is 17.8. The molecule has 0 N–H and O–H groups in total. The summed E-state index contributed by atoms with van der Waals surface area (Å²) in [6, 6.07) is 3.16. The molecule has 1 rings (SSSR count). The van der Waals surface area contributed by atoms with E-state index in [2.05, 4.69) is 38.2 Å².